The monoisotopic (exact) mass is 190 g/mol. The summed E-state index contributed by atoms with van der Waals surface area (Å²) in [4.78, 5) is 0. The molecule has 0 atom stereocenters. The highest BCUT2D eigenvalue weighted by atomic mass is 14.0. The van der Waals surface area contributed by atoms with Crippen molar-refractivity contribution >= 4 is 0 Å². The highest BCUT2D eigenvalue weighted by Gasteiger charge is 1.95. The van der Waals surface area contributed by atoms with Crippen LogP contribution in [0, 0.1) is 13.8 Å². The fourth-order valence-corrected chi connectivity index (χ4v) is 1.52. The second kappa shape index (κ2) is 6.42. The molecule has 0 bridgehead atoms. The zero-order valence-electron chi connectivity index (χ0n) is 10.1. The minimum absolute atomic E-state index is 1.00. The van der Waals surface area contributed by atoms with Crippen LogP contribution in [0.3, 0.4) is 0 Å². The molecular weight excluding hydrogens is 168 g/mol. The molecular formula is C14H22. The van der Waals surface area contributed by atoms with E-state index in [1.807, 2.05) is 13.8 Å². The second-order valence-electron chi connectivity index (χ2n) is 3.63. The molecule has 0 saturated heterocycles. The molecule has 0 aliphatic carbocycles. The van der Waals surface area contributed by atoms with Crippen molar-refractivity contribution in [2.75, 3.05) is 0 Å². The molecule has 0 heteroatoms. The van der Waals surface area contributed by atoms with Gasteiger partial charge in [-0.3, -0.25) is 0 Å². The maximum atomic E-state index is 3.91. The summed E-state index contributed by atoms with van der Waals surface area (Å²) in [6, 6.07) is 6.64. The predicted molar refractivity (Wildman–Crippen MR) is 65.8 cm³/mol. The molecule has 0 aromatic heterocycles. The van der Waals surface area contributed by atoms with E-state index in [0.717, 1.165) is 6.42 Å². The molecule has 1 aromatic carbocycles. The maximum Gasteiger partial charge on any atom is -0.00724 e. The number of hydrogen-bond acceptors (Lipinski definition) is 0. The summed E-state index contributed by atoms with van der Waals surface area (Å²) in [5, 5.41) is 0. The minimum atomic E-state index is 1.00. The minimum Gasteiger partial charge on any atom is -0.0998 e. The van der Waals surface area contributed by atoms with Gasteiger partial charge in [0.2, 0.25) is 0 Å². The van der Waals surface area contributed by atoms with Gasteiger partial charge in [0.25, 0.3) is 0 Å². The van der Waals surface area contributed by atoms with Crippen molar-refractivity contribution in [1.29, 1.82) is 0 Å². The SMILES string of the molecule is C=C(C)Cc1cc(C)cc(C)c1.CC. The number of benzene rings is 1. The Morgan fingerprint density at radius 3 is 1.86 bits per heavy atom. The van der Waals surface area contributed by atoms with Crippen LogP contribution in [0.25, 0.3) is 0 Å². The van der Waals surface area contributed by atoms with Crippen LogP contribution in [0.5, 0.6) is 0 Å². The average molecular weight is 190 g/mol. The Hall–Kier alpha value is -1.04. The average Bonchev–Trinajstić information content (AvgIpc) is 2.04. The van der Waals surface area contributed by atoms with Gasteiger partial charge in [-0.2, -0.15) is 0 Å². The molecule has 0 nitrogen and oxygen atoms in total. The molecule has 1 aromatic rings. The molecule has 0 N–H and O–H groups in total. The first-order valence-electron chi connectivity index (χ1n) is 5.29. The topological polar surface area (TPSA) is 0 Å². The van der Waals surface area contributed by atoms with Gasteiger partial charge in [0.1, 0.15) is 0 Å². The molecule has 0 radical (unpaired) electrons. The molecule has 0 fully saturated rings. The van der Waals surface area contributed by atoms with Crippen molar-refractivity contribution in [3.05, 3.63) is 47.0 Å². The largest absolute Gasteiger partial charge is 0.0998 e. The Kier molecular flexibility index (Phi) is 5.94. The Labute approximate surface area is 88.7 Å². The Balaban J connectivity index is 0.000000791. The predicted octanol–water partition coefficient (Wildman–Crippen LogP) is 4.45. The molecule has 14 heavy (non-hydrogen) atoms. The second-order valence-corrected chi connectivity index (χ2v) is 3.63. The van der Waals surface area contributed by atoms with Crippen LogP contribution in [0.1, 0.15) is 37.5 Å². The van der Waals surface area contributed by atoms with Crippen LogP contribution in [0.15, 0.2) is 30.4 Å². The van der Waals surface area contributed by atoms with Gasteiger partial charge in [-0.05, 0) is 32.8 Å². The van der Waals surface area contributed by atoms with Crippen molar-refractivity contribution in [2.24, 2.45) is 0 Å². The molecule has 0 saturated carbocycles. The molecule has 0 aliphatic rings. The normalized spacial score (nSPS) is 8.93. The van der Waals surface area contributed by atoms with Crippen LogP contribution in [-0.2, 0) is 6.42 Å². The molecule has 0 aliphatic heterocycles. The Morgan fingerprint density at radius 2 is 1.50 bits per heavy atom. The third kappa shape index (κ3) is 4.86. The van der Waals surface area contributed by atoms with Crippen LogP contribution >= 0.6 is 0 Å². The van der Waals surface area contributed by atoms with Gasteiger partial charge in [0, 0.05) is 0 Å². The smallest absolute Gasteiger partial charge is 0.00724 e. The number of rotatable bonds is 2. The first kappa shape index (κ1) is 13.0. The number of allylic oxidation sites excluding steroid dienone is 1. The van der Waals surface area contributed by atoms with Gasteiger partial charge in [0.15, 0.2) is 0 Å². The van der Waals surface area contributed by atoms with Gasteiger partial charge in [-0.15, -0.1) is 0 Å². The summed E-state index contributed by atoms with van der Waals surface area (Å²) < 4.78 is 0. The molecule has 1 rings (SSSR count). The van der Waals surface area contributed by atoms with E-state index in [1.54, 1.807) is 0 Å². The third-order valence-electron chi connectivity index (χ3n) is 1.79. The first-order valence-corrected chi connectivity index (χ1v) is 5.29. The van der Waals surface area contributed by atoms with E-state index >= 15 is 0 Å². The molecule has 0 unspecified atom stereocenters. The van der Waals surface area contributed by atoms with Gasteiger partial charge in [-0.1, -0.05) is 55.3 Å². The maximum absolute atomic E-state index is 3.91. The summed E-state index contributed by atoms with van der Waals surface area (Å²) in [5.41, 5.74) is 5.28. The fraction of sp³-hybridized carbons (Fsp3) is 0.429. The fourth-order valence-electron chi connectivity index (χ4n) is 1.52. The quantitative estimate of drug-likeness (QED) is 0.604. The van der Waals surface area contributed by atoms with E-state index in [1.165, 1.54) is 22.3 Å². The van der Waals surface area contributed by atoms with Crippen molar-refractivity contribution in [3.63, 3.8) is 0 Å². The van der Waals surface area contributed by atoms with E-state index in [-0.39, 0.29) is 0 Å². The third-order valence-corrected chi connectivity index (χ3v) is 1.79. The first-order chi connectivity index (χ1) is 6.58. The lowest BCUT2D eigenvalue weighted by atomic mass is 10.0. The molecule has 0 spiro atoms. The van der Waals surface area contributed by atoms with E-state index in [9.17, 15) is 0 Å². The van der Waals surface area contributed by atoms with Crippen molar-refractivity contribution < 1.29 is 0 Å². The van der Waals surface area contributed by atoms with Crippen LogP contribution in [-0.4, -0.2) is 0 Å². The molecule has 0 amide bonds. The van der Waals surface area contributed by atoms with Crippen LogP contribution in [0.2, 0.25) is 0 Å². The lowest BCUT2D eigenvalue weighted by Gasteiger charge is -2.03. The lowest BCUT2D eigenvalue weighted by Crippen LogP contribution is -1.88. The van der Waals surface area contributed by atoms with Gasteiger partial charge >= 0.3 is 0 Å². The van der Waals surface area contributed by atoms with Crippen molar-refractivity contribution in [3.8, 4) is 0 Å². The Morgan fingerprint density at radius 1 is 1.07 bits per heavy atom. The van der Waals surface area contributed by atoms with Gasteiger partial charge in [0.05, 0.1) is 0 Å². The van der Waals surface area contributed by atoms with Gasteiger partial charge < -0.3 is 0 Å². The van der Waals surface area contributed by atoms with Crippen LogP contribution in [0.4, 0.5) is 0 Å². The summed E-state index contributed by atoms with van der Waals surface area (Å²) in [6.07, 6.45) is 1.00. The highest BCUT2D eigenvalue weighted by molar-refractivity contribution is 5.30. The number of aryl methyl sites for hydroxylation is 2. The summed E-state index contributed by atoms with van der Waals surface area (Å²) in [6.45, 7) is 14.2. The zero-order valence-corrected chi connectivity index (χ0v) is 10.1. The molecule has 0 heterocycles. The molecule has 78 valence electrons. The van der Waals surface area contributed by atoms with E-state index in [2.05, 4.69) is 45.5 Å². The van der Waals surface area contributed by atoms with Crippen molar-refractivity contribution in [2.45, 2.75) is 41.0 Å². The van der Waals surface area contributed by atoms with Crippen LogP contribution < -0.4 is 0 Å². The highest BCUT2D eigenvalue weighted by Crippen LogP contribution is 2.11. The van der Waals surface area contributed by atoms with E-state index in [0.29, 0.717) is 0 Å². The lowest BCUT2D eigenvalue weighted by molar-refractivity contribution is 1.14. The summed E-state index contributed by atoms with van der Waals surface area (Å²) in [7, 11) is 0. The van der Waals surface area contributed by atoms with E-state index in [4.69, 9.17) is 0 Å². The standard InChI is InChI=1S/C12H16.C2H6/c1-9(2)5-12-7-10(3)6-11(4)8-12;1-2/h6-8H,1,5H2,2-4H3;1-2H3. The van der Waals surface area contributed by atoms with E-state index < -0.39 is 0 Å². The number of hydrogen-bond donors (Lipinski definition) is 0. The van der Waals surface area contributed by atoms with Gasteiger partial charge in [-0.25, -0.2) is 0 Å². The summed E-state index contributed by atoms with van der Waals surface area (Å²) >= 11 is 0. The zero-order chi connectivity index (χ0) is 11.1. The Bertz CT molecular complexity index is 275. The van der Waals surface area contributed by atoms with Crippen molar-refractivity contribution in [1.82, 2.24) is 0 Å². The summed E-state index contributed by atoms with van der Waals surface area (Å²) in [5.74, 6) is 0.